The average Bonchev–Trinajstić information content (AvgIpc) is 2.73. The van der Waals surface area contributed by atoms with Crippen molar-refractivity contribution in [1.29, 1.82) is 5.26 Å². The first-order valence-electron chi connectivity index (χ1n) is 5.02. The summed E-state index contributed by atoms with van der Waals surface area (Å²) in [4.78, 5) is 4.29. The van der Waals surface area contributed by atoms with E-state index in [0.29, 0.717) is 23.6 Å². The zero-order valence-corrected chi connectivity index (χ0v) is 10.1. The molecule has 0 aliphatic carbocycles. The van der Waals surface area contributed by atoms with E-state index in [-0.39, 0.29) is 0 Å². The van der Waals surface area contributed by atoms with Crippen molar-refractivity contribution in [3.63, 3.8) is 0 Å². The maximum absolute atomic E-state index is 8.71. The molecule has 0 spiro atoms. The van der Waals surface area contributed by atoms with Crippen molar-refractivity contribution in [2.45, 2.75) is 13.5 Å². The number of aryl methyl sites for hydroxylation is 1. The molecule has 0 fully saturated rings. The van der Waals surface area contributed by atoms with Gasteiger partial charge in [-0.05, 0) is 25.1 Å². The molecule has 0 aliphatic heterocycles. The van der Waals surface area contributed by atoms with Gasteiger partial charge in [-0.1, -0.05) is 0 Å². The first kappa shape index (κ1) is 11.4. The Morgan fingerprint density at radius 1 is 1.53 bits per heavy atom. The molecule has 4 nitrogen and oxygen atoms in total. The number of aromatic nitrogens is 1. The summed E-state index contributed by atoms with van der Waals surface area (Å²) in [6, 6.07) is 7.00. The van der Waals surface area contributed by atoms with Crippen molar-refractivity contribution in [3.05, 3.63) is 39.8 Å². The molecule has 2 N–H and O–H groups in total. The van der Waals surface area contributed by atoms with Gasteiger partial charge in [0.2, 0.25) is 0 Å². The molecule has 0 amide bonds. The summed E-state index contributed by atoms with van der Waals surface area (Å²) in [7, 11) is 0. The number of benzene rings is 1. The average molecular weight is 245 g/mol. The Morgan fingerprint density at radius 2 is 2.35 bits per heavy atom. The molecule has 1 aromatic heterocycles. The summed E-state index contributed by atoms with van der Waals surface area (Å²) in [6.45, 7) is 2.34. The highest BCUT2D eigenvalue weighted by Crippen LogP contribution is 2.23. The van der Waals surface area contributed by atoms with Gasteiger partial charge in [-0.15, -0.1) is 11.3 Å². The minimum Gasteiger partial charge on any atom is -0.485 e. The van der Waals surface area contributed by atoms with Crippen LogP contribution in [-0.4, -0.2) is 4.98 Å². The molecule has 0 radical (unpaired) electrons. The fraction of sp³-hybridized carbons (Fsp3) is 0.167. The third-order valence-corrected chi connectivity index (χ3v) is 3.00. The van der Waals surface area contributed by atoms with E-state index < -0.39 is 0 Å². The number of nitrogen functional groups attached to an aromatic ring is 1. The minimum absolute atomic E-state index is 0.389. The molecule has 0 aliphatic rings. The maximum Gasteiger partial charge on any atom is 0.142 e. The molecule has 0 saturated heterocycles. The van der Waals surface area contributed by atoms with Crippen LogP contribution in [0.15, 0.2) is 23.6 Å². The first-order chi connectivity index (χ1) is 8.19. The predicted molar refractivity (Wildman–Crippen MR) is 66.8 cm³/mol. The summed E-state index contributed by atoms with van der Waals surface area (Å²) in [5, 5.41) is 11.7. The monoisotopic (exact) mass is 245 g/mol. The maximum atomic E-state index is 8.71. The lowest BCUT2D eigenvalue weighted by molar-refractivity contribution is 0.303. The van der Waals surface area contributed by atoms with Gasteiger partial charge in [0.1, 0.15) is 12.4 Å². The Bertz CT molecular complexity index is 571. The Hall–Kier alpha value is -2.06. The molecule has 17 heavy (non-hydrogen) atoms. The van der Waals surface area contributed by atoms with Crippen LogP contribution in [0.2, 0.25) is 0 Å². The van der Waals surface area contributed by atoms with Crippen molar-refractivity contribution in [2.24, 2.45) is 0 Å². The molecular formula is C12H11N3OS. The number of nitrogens with two attached hydrogens (primary N) is 1. The SMILES string of the molecule is Cc1nc(COc2ccc(C#N)cc2N)cs1. The fourth-order valence-corrected chi connectivity index (χ4v) is 1.97. The number of rotatable bonds is 3. The molecule has 1 heterocycles. The highest BCUT2D eigenvalue weighted by Gasteiger charge is 2.04. The van der Waals surface area contributed by atoms with Gasteiger partial charge in [0.15, 0.2) is 0 Å². The van der Waals surface area contributed by atoms with E-state index >= 15 is 0 Å². The fourth-order valence-electron chi connectivity index (χ4n) is 1.38. The van der Waals surface area contributed by atoms with Crippen LogP contribution in [0.25, 0.3) is 0 Å². The molecule has 0 unspecified atom stereocenters. The van der Waals surface area contributed by atoms with E-state index in [0.717, 1.165) is 10.7 Å². The van der Waals surface area contributed by atoms with Crippen LogP contribution in [0, 0.1) is 18.3 Å². The van der Waals surface area contributed by atoms with Crippen molar-refractivity contribution < 1.29 is 4.74 Å². The van der Waals surface area contributed by atoms with Gasteiger partial charge in [0.05, 0.1) is 28.0 Å². The van der Waals surface area contributed by atoms with Crippen LogP contribution in [0.5, 0.6) is 5.75 Å². The van der Waals surface area contributed by atoms with E-state index in [2.05, 4.69) is 4.98 Å². The number of hydrogen-bond acceptors (Lipinski definition) is 5. The van der Waals surface area contributed by atoms with Crippen LogP contribution >= 0.6 is 11.3 Å². The lowest BCUT2D eigenvalue weighted by atomic mass is 10.2. The number of nitriles is 1. The lowest BCUT2D eigenvalue weighted by Gasteiger charge is -2.07. The summed E-state index contributed by atoms with van der Waals surface area (Å²) >= 11 is 1.58. The van der Waals surface area contributed by atoms with E-state index in [1.54, 1.807) is 29.5 Å². The normalized spacial score (nSPS) is 9.88. The van der Waals surface area contributed by atoms with Gasteiger partial charge in [-0.25, -0.2) is 4.98 Å². The van der Waals surface area contributed by atoms with Crippen LogP contribution < -0.4 is 10.5 Å². The van der Waals surface area contributed by atoms with Crippen molar-refractivity contribution in [3.8, 4) is 11.8 Å². The van der Waals surface area contributed by atoms with Crippen molar-refractivity contribution in [1.82, 2.24) is 4.98 Å². The smallest absolute Gasteiger partial charge is 0.142 e. The summed E-state index contributed by atoms with van der Waals surface area (Å²) in [5.74, 6) is 0.578. The molecule has 2 rings (SSSR count). The van der Waals surface area contributed by atoms with Crippen LogP contribution in [0.4, 0.5) is 5.69 Å². The minimum atomic E-state index is 0.389. The zero-order chi connectivity index (χ0) is 12.3. The standard InChI is InChI=1S/C12H11N3OS/c1-8-15-10(7-17-8)6-16-12-3-2-9(5-13)4-11(12)14/h2-4,7H,6,14H2,1H3. The number of nitrogens with zero attached hydrogens (tertiary/aromatic N) is 2. The second kappa shape index (κ2) is 4.85. The van der Waals surface area contributed by atoms with E-state index in [1.807, 2.05) is 18.4 Å². The van der Waals surface area contributed by atoms with E-state index in [4.69, 9.17) is 15.7 Å². The molecule has 1 aromatic carbocycles. The largest absolute Gasteiger partial charge is 0.485 e. The third-order valence-electron chi connectivity index (χ3n) is 2.18. The quantitative estimate of drug-likeness (QED) is 0.843. The Morgan fingerprint density at radius 3 is 2.94 bits per heavy atom. The molecule has 0 saturated carbocycles. The molecule has 86 valence electrons. The number of thiazole rings is 1. The Labute approximate surface area is 103 Å². The van der Waals surface area contributed by atoms with Gasteiger partial charge >= 0.3 is 0 Å². The van der Waals surface area contributed by atoms with Gasteiger partial charge in [-0.2, -0.15) is 5.26 Å². The highest BCUT2D eigenvalue weighted by molar-refractivity contribution is 7.09. The highest BCUT2D eigenvalue weighted by atomic mass is 32.1. The number of hydrogen-bond donors (Lipinski definition) is 1. The molecule has 5 heteroatoms. The van der Waals surface area contributed by atoms with Gasteiger partial charge < -0.3 is 10.5 Å². The Balaban J connectivity index is 2.07. The van der Waals surface area contributed by atoms with Crippen LogP contribution in [-0.2, 0) is 6.61 Å². The van der Waals surface area contributed by atoms with Gasteiger partial charge in [0.25, 0.3) is 0 Å². The summed E-state index contributed by atoms with van der Waals surface area (Å²) < 4.78 is 5.55. The number of anilines is 1. The van der Waals surface area contributed by atoms with Gasteiger partial charge in [0, 0.05) is 5.38 Å². The Kier molecular flexibility index (Phi) is 3.26. The van der Waals surface area contributed by atoms with Crippen LogP contribution in [0.1, 0.15) is 16.3 Å². The molecule has 2 aromatic rings. The van der Waals surface area contributed by atoms with Crippen molar-refractivity contribution in [2.75, 3.05) is 5.73 Å². The lowest BCUT2D eigenvalue weighted by Crippen LogP contribution is -1.99. The van der Waals surface area contributed by atoms with E-state index in [9.17, 15) is 0 Å². The molecule has 0 atom stereocenters. The van der Waals surface area contributed by atoms with Crippen LogP contribution in [0.3, 0.4) is 0 Å². The van der Waals surface area contributed by atoms with Gasteiger partial charge in [-0.3, -0.25) is 0 Å². The molecule has 0 bridgehead atoms. The van der Waals surface area contributed by atoms with Crippen molar-refractivity contribution >= 4 is 17.0 Å². The third kappa shape index (κ3) is 2.74. The first-order valence-corrected chi connectivity index (χ1v) is 5.90. The summed E-state index contributed by atoms with van der Waals surface area (Å²) in [5.41, 5.74) is 7.65. The zero-order valence-electron chi connectivity index (χ0n) is 9.30. The van der Waals surface area contributed by atoms with E-state index in [1.165, 1.54) is 0 Å². The predicted octanol–water partition coefficient (Wildman–Crippen LogP) is 2.48. The second-order valence-corrected chi connectivity index (χ2v) is 4.57. The number of ether oxygens (including phenoxy) is 1. The second-order valence-electron chi connectivity index (χ2n) is 3.51. The topological polar surface area (TPSA) is 71.9 Å². The molecular weight excluding hydrogens is 234 g/mol. The summed E-state index contributed by atoms with van der Waals surface area (Å²) in [6.07, 6.45) is 0.